The van der Waals surface area contributed by atoms with Gasteiger partial charge in [-0.2, -0.15) is 5.10 Å². The Hall–Kier alpha value is -3.80. The number of nitrogens with one attached hydrogen (secondary N) is 1. The Bertz CT molecular complexity index is 986. The minimum Gasteiger partial charge on any atom is -0.493 e. The van der Waals surface area contributed by atoms with E-state index in [0.29, 0.717) is 23.9 Å². The molecule has 6 heteroatoms. The smallest absolute Gasteiger partial charge is 0.277 e. The third-order valence-electron chi connectivity index (χ3n) is 4.22. The zero-order chi connectivity index (χ0) is 21.2. The van der Waals surface area contributed by atoms with Gasteiger partial charge in [0.1, 0.15) is 5.75 Å². The molecule has 1 N–H and O–H groups in total. The number of rotatable bonds is 9. The predicted octanol–water partition coefficient (Wildman–Crippen LogP) is 4.29. The molecule has 0 heterocycles. The zero-order valence-electron chi connectivity index (χ0n) is 17.0. The van der Waals surface area contributed by atoms with E-state index in [1.165, 1.54) is 6.21 Å². The molecule has 3 aromatic rings. The van der Waals surface area contributed by atoms with Crippen molar-refractivity contribution in [3.63, 3.8) is 0 Å². The van der Waals surface area contributed by atoms with Crippen molar-refractivity contribution < 1.29 is 19.0 Å². The highest BCUT2D eigenvalue weighted by Gasteiger charge is 2.05. The fourth-order valence-corrected chi connectivity index (χ4v) is 2.77. The molecule has 0 fully saturated rings. The SMILES string of the molecule is CCOc1ccc(/C=N\NC(=O)COc2ccc(-c3ccccc3)cc2)cc1OC. The molecule has 0 radical (unpaired) electrons. The molecule has 0 saturated carbocycles. The number of carbonyl (C=O) groups excluding carboxylic acids is 1. The molecule has 6 nitrogen and oxygen atoms in total. The van der Waals surface area contributed by atoms with Gasteiger partial charge in [0, 0.05) is 0 Å². The third-order valence-corrected chi connectivity index (χ3v) is 4.22. The second-order valence-corrected chi connectivity index (χ2v) is 6.32. The fraction of sp³-hybridized carbons (Fsp3) is 0.167. The number of benzene rings is 3. The Balaban J connectivity index is 1.49. The molecule has 0 bridgehead atoms. The van der Waals surface area contributed by atoms with E-state index >= 15 is 0 Å². The van der Waals surface area contributed by atoms with Crippen LogP contribution in [0.3, 0.4) is 0 Å². The lowest BCUT2D eigenvalue weighted by atomic mass is 10.1. The highest BCUT2D eigenvalue weighted by atomic mass is 16.5. The lowest BCUT2D eigenvalue weighted by Gasteiger charge is -2.09. The van der Waals surface area contributed by atoms with Crippen LogP contribution in [0.1, 0.15) is 12.5 Å². The number of hydrogen-bond acceptors (Lipinski definition) is 5. The molecule has 30 heavy (non-hydrogen) atoms. The van der Waals surface area contributed by atoms with Crippen LogP contribution in [0.15, 0.2) is 77.9 Å². The fourth-order valence-electron chi connectivity index (χ4n) is 2.77. The van der Waals surface area contributed by atoms with E-state index in [0.717, 1.165) is 16.7 Å². The summed E-state index contributed by atoms with van der Waals surface area (Å²) in [7, 11) is 1.57. The van der Waals surface area contributed by atoms with Crippen LogP contribution in [0.4, 0.5) is 0 Å². The first-order chi connectivity index (χ1) is 14.7. The van der Waals surface area contributed by atoms with Gasteiger partial charge in [-0.25, -0.2) is 5.43 Å². The van der Waals surface area contributed by atoms with E-state index < -0.39 is 0 Å². The summed E-state index contributed by atoms with van der Waals surface area (Å²) in [5.41, 5.74) is 5.43. The van der Waals surface area contributed by atoms with Crippen LogP contribution < -0.4 is 19.6 Å². The summed E-state index contributed by atoms with van der Waals surface area (Å²) in [6.45, 7) is 2.33. The number of hydrogen-bond donors (Lipinski definition) is 1. The van der Waals surface area contributed by atoms with Gasteiger partial charge in [0.25, 0.3) is 5.91 Å². The van der Waals surface area contributed by atoms with E-state index in [1.54, 1.807) is 19.2 Å². The van der Waals surface area contributed by atoms with Gasteiger partial charge in [0.15, 0.2) is 18.1 Å². The minimum absolute atomic E-state index is 0.130. The molecule has 3 aromatic carbocycles. The summed E-state index contributed by atoms with van der Waals surface area (Å²) in [6, 6.07) is 23.1. The molecule has 3 rings (SSSR count). The average molecular weight is 404 g/mol. The van der Waals surface area contributed by atoms with E-state index in [4.69, 9.17) is 14.2 Å². The van der Waals surface area contributed by atoms with Crippen molar-refractivity contribution in [1.29, 1.82) is 0 Å². The number of hydrazone groups is 1. The Morgan fingerprint density at radius 1 is 0.933 bits per heavy atom. The number of nitrogens with zero attached hydrogens (tertiary/aromatic N) is 1. The Kier molecular flexibility index (Phi) is 7.44. The van der Waals surface area contributed by atoms with Crippen molar-refractivity contribution in [3.8, 4) is 28.4 Å². The summed E-state index contributed by atoms with van der Waals surface area (Å²) < 4.78 is 16.3. The molecule has 0 aromatic heterocycles. The van der Waals surface area contributed by atoms with E-state index in [2.05, 4.69) is 10.5 Å². The van der Waals surface area contributed by atoms with Crippen LogP contribution in [-0.2, 0) is 4.79 Å². The van der Waals surface area contributed by atoms with Gasteiger partial charge in [-0.15, -0.1) is 0 Å². The van der Waals surface area contributed by atoms with Crippen LogP contribution in [0, 0.1) is 0 Å². The second kappa shape index (κ2) is 10.7. The largest absolute Gasteiger partial charge is 0.493 e. The van der Waals surface area contributed by atoms with Crippen molar-refractivity contribution in [3.05, 3.63) is 78.4 Å². The number of amides is 1. The maximum atomic E-state index is 12.0. The van der Waals surface area contributed by atoms with Crippen LogP contribution in [0.2, 0.25) is 0 Å². The lowest BCUT2D eigenvalue weighted by Crippen LogP contribution is -2.24. The zero-order valence-corrected chi connectivity index (χ0v) is 17.0. The quantitative estimate of drug-likeness (QED) is 0.427. The van der Waals surface area contributed by atoms with Gasteiger partial charge in [0.2, 0.25) is 0 Å². The van der Waals surface area contributed by atoms with Crippen molar-refractivity contribution in [2.24, 2.45) is 5.10 Å². The van der Waals surface area contributed by atoms with Gasteiger partial charge >= 0.3 is 0 Å². The molecule has 0 atom stereocenters. The molecule has 1 amide bonds. The Labute approximate surface area is 176 Å². The molecule has 0 spiro atoms. The first kappa shape index (κ1) is 20.9. The van der Waals surface area contributed by atoms with Crippen molar-refractivity contribution in [2.45, 2.75) is 6.92 Å². The average Bonchev–Trinajstić information content (AvgIpc) is 2.79. The predicted molar refractivity (Wildman–Crippen MR) is 117 cm³/mol. The van der Waals surface area contributed by atoms with Crippen LogP contribution in [0.5, 0.6) is 17.2 Å². The molecule has 0 aliphatic heterocycles. The van der Waals surface area contributed by atoms with Gasteiger partial charge in [-0.1, -0.05) is 42.5 Å². The van der Waals surface area contributed by atoms with Gasteiger partial charge in [0.05, 0.1) is 19.9 Å². The van der Waals surface area contributed by atoms with Crippen LogP contribution in [0.25, 0.3) is 11.1 Å². The van der Waals surface area contributed by atoms with Gasteiger partial charge in [-0.05, 0) is 53.9 Å². The summed E-state index contributed by atoms with van der Waals surface area (Å²) in [4.78, 5) is 12.0. The molecule has 0 saturated heterocycles. The lowest BCUT2D eigenvalue weighted by molar-refractivity contribution is -0.123. The molecule has 0 unspecified atom stereocenters. The summed E-state index contributed by atoms with van der Waals surface area (Å²) in [5, 5.41) is 3.96. The minimum atomic E-state index is -0.351. The van der Waals surface area contributed by atoms with Crippen LogP contribution >= 0.6 is 0 Å². The Morgan fingerprint density at radius 3 is 2.37 bits per heavy atom. The molecule has 0 aliphatic carbocycles. The monoisotopic (exact) mass is 404 g/mol. The van der Waals surface area contributed by atoms with Gasteiger partial charge in [-0.3, -0.25) is 4.79 Å². The first-order valence-corrected chi connectivity index (χ1v) is 9.60. The van der Waals surface area contributed by atoms with E-state index in [9.17, 15) is 4.79 Å². The molecular weight excluding hydrogens is 380 g/mol. The topological polar surface area (TPSA) is 69.2 Å². The highest BCUT2D eigenvalue weighted by Crippen LogP contribution is 2.27. The standard InChI is InChI=1S/C24H24N2O4/c1-3-29-22-14-9-18(15-23(22)28-2)16-25-26-24(27)17-30-21-12-10-20(11-13-21)19-7-5-4-6-8-19/h4-16H,3,17H2,1-2H3,(H,26,27)/b25-16-. The van der Waals surface area contributed by atoms with Gasteiger partial charge < -0.3 is 14.2 Å². The normalized spacial score (nSPS) is 10.6. The first-order valence-electron chi connectivity index (χ1n) is 9.60. The highest BCUT2D eigenvalue weighted by molar-refractivity contribution is 5.83. The van der Waals surface area contributed by atoms with Crippen LogP contribution in [-0.4, -0.2) is 32.4 Å². The summed E-state index contributed by atoms with van der Waals surface area (Å²) in [6.07, 6.45) is 1.53. The summed E-state index contributed by atoms with van der Waals surface area (Å²) in [5.74, 6) is 1.53. The Morgan fingerprint density at radius 2 is 1.67 bits per heavy atom. The van der Waals surface area contributed by atoms with Crippen molar-refractivity contribution in [2.75, 3.05) is 20.3 Å². The molecular formula is C24H24N2O4. The van der Waals surface area contributed by atoms with E-state index in [1.807, 2.05) is 67.6 Å². The molecule has 0 aliphatic rings. The second-order valence-electron chi connectivity index (χ2n) is 6.32. The van der Waals surface area contributed by atoms with E-state index in [-0.39, 0.29) is 12.5 Å². The maximum absolute atomic E-state index is 12.0. The maximum Gasteiger partial charge on any atom is 0.277 e. The summed E-state index contributed by atoms with van der Waals surface area (Å²) >= 11 is 0. The number of ether oxygens (including phenoxy) is 3. The molecule has 154 valence electrons. The number of carbonyl (C=O) groups is 1. The van der Waals surface area contributed by atoms with Crippen molar-refractivity contribution in [1.82, 2.24) is 5.43 Å². The number of methoxy groups -OCH3 is 1. The van der Waals surface area contributed by atoms with Crippen molar-refractivity contribution >= 4 is 12.1 Å². The third kappa shape index (κ3) is 5.85.